The maximum absolute atomic E-state index is 5.77. The molecule has 0 aromatic heterocycles. The second-order valence-electron chi connectivity index (χ2n) is 6.24. The first kappa shape index (κ1) is 13.9. The molecule has 2 N–H and O–H groups in total. The molecule has 3 nitrogen and oxygen atoms in total. The highest BCUT2D eigenvalue weighted by atomic mass is 15.3. The highest BCUT2D eigenvalue weighted by Crippen LogP contribution is 2.20. The molecule has 0 aromatic carbocycles. The molecule has 1 heterocycles. The van der Waals surface area contributed by atoms with E-state index in [0.29, 0.717) is 12.1 Å². The lowest BCUT2D eigenvalue weighted by Crippen LogP contribution is -2.55. The van der Waals surface area contributed by atoms with E-state index in [4.69, 9.17) is 5.73 Å². The Balaban J connectivity index is 2.39. The van der Waals surface area contributed by atoms with Gasteiger partial charge in [0, 0.05) is 25.2 Å². The van der Waals surface area contributed by atoms with Gasteiger partial charge < -0.3 is 10.6 Å². The lowest BCUT2D eigenvalue weighted by Gasteiger charge is -2.43. The van der Waals surface area contributed by atoms with Crippen LogP contribution in [0.25, 0.3) is 0 Å². The third kappa shape index (κ3) is 3.72. The molecule has 0 aromatic rings. The maximum atomic E-state index is 5.77. The van der Waals surface area contributed by atoms with Crippen LogP contribution >= 0.6 is 0 Å². The van der Waals surface area contributed by atoms with Gasteiger partial charge in [-0.2, -0.15) is 0 Å². The molecule has 1 saturated heterocycles. The summed E-state index contributed by atoms with van der Waals surface area (Å²) < 4.78 is 0. The molecule has 1 aliphatic heterocycles. The van der Waals surface area contributed by atoms with Crippen molar-refractivity contribution in [2.45, 2.75) is 46.2 Å². The van der Waals surface area contributed by atoms with Gasteiger partial charge >= 0.3 is 0 Å². The van der Waals surface area contributed by atoms with Crippen molar-refractivity contribution in [1.82, 2.24) is 9.80 Å². The van der Waals surface area contributed by atoms with E-state index in [-0.39, 0.29) is 5.41 Å². The molecule has 0 radical (unpaired) electrons. The van der Waals surface area contributed by atoms with Crippen LogP contribution in [0.1, 0.15) is 34.1 Å². The third-order valence-corrected chi connectivity index (χ3v) is 4.09. The summed E-state index contributed by atoms with van der Waals surface area (Å²) in [5.74, 6) is 0. The number of nitrogens with zero attached hydrogens (tertiary/aromatic N) is 2. The Morgan fingerprint density at radius 1 is 1.19 bits per heavy atom. The molecule has 2 atom stereocenters. The van der Waals surface area contributed by atoms with Crippen LogP contribution in [0, 0.1) is 5.41 Å². The number of hydrogen-bond acceptors (Lipinski definition) is 3. The summed E-state index contributed by atoms with van der Waals surface area (Å²) in [6, 6.07) is 1.34. The molecule has 96 valence electrons. The van der Waals surface area contributed by atoms with Crippen LogP contribution in [0.4, 0.5) is 0 Å². The van der Waals surface area contributed by atoms with Crippen LogP contribution in [-0.4, -0.2) is 55.1 Å². The Kier molecular flexibility index (Phi) is 4.77. The van der Waals surface area contributed by atoms with Gasteiger partial charge in [0.05, 0.1) is 0 Å². The highest BCUT2D eigenvalue weighted by Gasteiger charge is 2.27. The standard InChI is InChI=1S/C13H29N3/c1-11-8-16(9-12(2)15(11)5)7-6-13(3,4)10-14/h11-12H,6-10,14H2,1-5H3. The minimum Gasteiger partial charge on any atom is -0.330 e. The molecular formula is C13H29N3. The zero-order chi connectivity index (χ0) is 12.3. The Morgan fingerprint density at radius 3 is 2.12 bits per heavy atom. The van der Waals surface area contributed by atoms with Crippen LogP contribution in [0.5, 0.6) is 0 Å². The molecule has 0 spiro atoms. The van der Waals surface area contributed by atoms with E-state index in [1.54, 1.807) is 0 Å². The van der Waals surface area contributed by atoms with Crippen molar-refractivity contribution in [2.75, 3.05) is 33.2 Å². The van der Waals surface area contributed by atoms with E-state index in [0.717, 1.165) is 6.54 Å². The van der Waals surface area contributed by atoms with Gasteiger partial charge in [-0.3, -0.25) is 4.90 Å². The second-order valence-corrected chi connectivity index (χ2v) is 6.24. The van der Waals surface area contributed by atoms with Crippen molar-refractivity contribution in [3.8, 4) is 0 Å². The fourth-order valence-corrected chi connectivity index (χ4v) is 2.26. The predicted octanol–water partition coefficient (Wildman–Crippen LogP) is 1.39. The highest BCUT2D eigenvalue weighted by molar-refractivity contribution is 4.83. The molecule has 1 rings (SSSR count). The summed E-state index contributed by atoms with van der Waals surface area (Å²) in [4.78, 5) is 5.07. The van der Waals surface area contributed by atoms with Crippen LogP contribution in [0.3, 0.4) is 0 Å². The van der Waals surface area contributed by atoms with Gasteiger partial charge in [0.15, 0.2) is 0 Å². The first-order valence-corrected chi connectivity index (χ1v) is 6.50. The van der Waals surface area contributed by atoms with Gasteiger partial charge in [-0.1, -0.05) is 13.8 Å². The van der Waals surface area contributed by atoms with Crippen LogP contribution < -0.4 is 5.73 Å². The molecular weight excluding hydrogens is 198 g/mol. The fourth-order valence-electron chi connectivity index (χ4n) is 2.26. The lowest BCUT2D eigenvalue weighted by atomic mass is 9.89. The maximum Gasteiger partial charge on any atom is 0.0195 e. The van der Waals surface area contributed by atoms with Gasteiger partial charge in [0.2, 0.25) is 0 Å². The van der Waals surface area contributed by atoms with Crippen molar-refractivity contribution in [3.63, 3.8) is 0 Å². The number of likely N-dealkylation sites (N-methyl/N-ethyl adjacent to an activating group) is 1. The van der Waals surface area contributed by atoms with Gasteiger partial charge in [-0.15, -0.1) is 0 Å². The number of piperazine rings is 1. The summed E-state index contributed by atoms with van der Waals surface area (Å²) in [6.45, 7) is 13.5. The first-order chi connectivity index (χ1) is 7.35. The van der Waals surface area contributed by atoms with Gasteiger partial charge in [0.1, 0.15) is 0 Å². The average Bonchev–Trinajstić information content (AvgIpc) is 2.23. The normalized spacial score (nSPS) is 29.6. The van der Waals surface area contributed by atoms with Crippen molar-refractivity contribution >= 4 is 0 Å². The van der Waals surface area contributed by atoms with Crippen molar-refractivity contribution in [2.24, 2.45) is 11.1 Å². The zero-order valence-corrected chi connectivity index (χ0v) is 11.7. The van der Waals surface area contributed by atoms with Crippen LogP contribution in [-0.2, 0) is 0 Å². The van der Waals surface area contributed by atoms with Crippen molar-refractivity contribution in [3.05, 3.63) is 0 Å². The van der Waals surface area contributed by atoms with Crippen molar-refractivity contribution < 1.29 is 0 Å². The smallest absolute Gasteiger partial charge is 0.0195 e. The number of nitrogens with two attached hydrogens (primary N) is 1. The SMILES string of the molecule is CC1CN(CCC(C)(C)CN)CC(C)N1C. The molecule has 16 heavy (non-hydrogen) atoms. The summed E-state index contributed by atoms with van der Waals surface area (Å²) in [5.41, 5.74) is 6.06. The van der Waals surface area contributed by atoms with Crippen molar-refractivity contribution in [1.29, 1.82) is 0 Å². The molecule has 0 amide bonds. The van der Waals surface area contributed by atoms with E-state index in [1.807, 2.05) is 0 Å². The van der Waals surface area contributed by atoms with E-state index in [1.165, 1.54) is 26.1 Å². The topological polar surface area (TPSA) is 32.5 Å². The number of hydrogen-bond donors (Lipinski definition) is 1. The summed E-state index contributed by atoms with van der Waals surface area (Å²) in [7, 11) is 2.23. The number of rotatable bonds is 4. The van der Waals surface area contributed by atoms with Gasteiger partial charge in [-0.25, -0.2) is 0 Å². The largest absolute Gasteiger partial charge is 0.330 e. The summed E-state index contributed by atoms with van der Waals surface area (Å²) in [6.07, 6.45) is 1.20. The quantitative estimate of drug-likeness (QED) is 0.788. The molecule has 1 aliphatic rings. The average molecular weight is 227 g/mol. The third-order valence-electron chi connectivity index (χ3n) is 4.09. The minimum absolute atomic E-state index is 0.288. The summed E-state index contributed by atoms with van der Waals surface area (Å²) >= 11 is 0. The molecule has 0 saturated carbocycles. The van der Waals surface area contributed by atoms with E-state index in [9.17, 15) is 0 Å². The minimum atomic E-state index is 0.288. The second kappa shape index (κ2) is 5.48. The van der Waals surface area contributed by atoms with Gasteiger partial charge in [-0.05, 0) is 45.8 Å². The molecule has 0 aliphatic carbocycles. The van der Waals surface area contributed by atoms with E-state index in [2.05, 4.69) is 44.5 Å². The van der Waals surface area contributed by atoms with E-state index >= 15 is 0 Å². The van der Waals surface area contributed by atoms with Gasteiger partial charge in [0.25, 0.3) is 0 Å². The van der Waals surface area contributed by atoms with E-state index < -0.39 is 0 Å². The molecule has 3 heteroatoms. The zero-order valence-electron chi connectivity index (χ0n) is 11.7. The Hall–Kier alpha value is -0.120. The van der Waals surface area contributed by atoms with Crippen LogP contribution in [0.15, 0.2) is 0 Å². The Labute approximate surface area is 101 Å². The molecule has 1 fully saturated rings. The Bertz CT molecular complexity index is 203. The summed E-state index contributed by atoms with van der Waals surface area (Å²) in [5, 5.41) is 0. The molecule has 0 bridgehead atoms. The van der Waals surface area contributed by atoms with Crippen LogP contribution in [0.2, 0.25) is 0 Å². The fraction of sp³-hybridized carbons (Fsp3) is 1.00. The monoisotopic (exact) mass is 227 g/mol. The first-order valence-electron chi connectivity index (χ1n) is 6.50. The molecule has 2 unspecified atom stereocenters. The predicted molar refractivity (Wildman–Crippen MR) is 70.6 cm³/mol. The Morgan fingerprint density at radius 2 is 1.69 bits per heavy atom. The lowest BCUT2D eigenvalue weighted by molar-refractivity contribution is 0.0534.